The molecule has 0 radical (unpaired) electrons. The van der Waals surface area contributed by atoms with Crippen LogP contribution in [0.3, 0.4) is 0 Å². The largest absolute Gasteiger partial charge is 0.352 e. The van der Waals surface area contributed by atoms with Crippen molar-refractivity contribution in [1.29, 1.82) is 0 Å². The van der Waals surface area contributed by atoms with Crippen LogP contribution in [0.15, 0.2) is 41.2 Å². The minimum absolute atomic E-state index is 0.00321. The topological polar surface area (TPSA) is 67.2 Å². The SMILES string of the molecule is Cn1c(N2CCN(c3ccc(C(C)(C)C)nn3)CC2)nc2ccccc2c1=O. The van der Waals surface area contributed by atoms with Crippen molar-refractivity contribution in [2.75, 3.05) is 36.0 Å². The van der Waals surface area contributed by atoms with Crippen LogP contribution in [0.2, 0.25) is 0 Å². The van der Waals surface area contributed by atoms with E-state index in [1.807, 2.05) is 30.3 Å². The summed E-state index contributed by atoms with van der Waals surface area (Å²) < 4.78 is 1.65. The number of piperazine rings is 1. The van der Waals surface area contributed by atoms with Gasteiger partial charge in [0.25, 0.3) is 5.56 Å². The minimum Gasteiger partial charge on any atom is -0.352 e. The number of fused-ring (bicyclic) bond motifs is 1. The van der Waals surface area contributed by atoms with E-state index in [0.717, 1.165) is 49.2 Å². The van der Waals surface area contributed by atoms with E-state index >= 15 is 0 Å². The summed E-state index contributed by atoms with van der Waals surface area (Å²) in [6, 6.07) is 11.6. The van der Waals surface area contributed by atoms with Crippen LogP contribution in [-0.2, 0) is 12.5 Å². The molecule has 1 aliphatic heterocycles. The van der Waals surface area contributed by atoms with Gasteiger partial charge in [-0.2, -0.15) is 5.10 Å². The summed E-state index contributed by atoms with van der Waals surface area (Å²) in [7, 11) is 1.79. The van der Waals surface area contributed by atoms with E-state index in [9.17, 15) is 4.79 Å². The van der Waals surface area contributed by atoms with Crippen LogP contribution < -0.4 is 15.4 Å². The van der Waals surface area contributed by atoms with E-state index in [4.69, 9.17) is 4.98 Å². The monoisotopic (exact) mass is 378 g/mol. The van der Waals surface area contributed by atoms with Gasteiger partial charge in [0.15, 0.2) is 5.82 Å². The second kappa shape index (κ2) is 6.89. The van der Waals surface area contributed by atoms with Gasteiger partial charge in [0, 0.05) is 38.6 Å². The van der Waals surface area contributed by atoms with Gasteiger partial charge in [0.05, 0.1) is 16.6 Å². The van der Waals surface area contributed by atoms with Crippen molar-refractivity contribution in [3.63, 3.8) is 0 Å². The fourth-order valence-corrected chi connectivity index (χ4v) is 3.52. The van der Waals surface area contributed by atoms with E-state index in [2.05, 4.69) is 46.8 Å². The van der Waals surface area contributed by atoms with Gasteiger partial charge in [0.1, 0.15) is 0 Å². The molecule has 4 rings (SSSR count). The third kappa shape index (κ3) is 3.32. The maximum atomic E-state index is 12.7. The van der Waals surface area contributed by atoms with Gasteiger partial charge >= 0.3 is 0 Å². The van der Waals surface area contributed by atoms with Gasteiger partial charge < -0.3 is 9.80 Å². The number of hydrogen-bond donors (Lipinski definition) is 0. The zero-order valence-electron chi connectivity index (χ0n) is 16.9. The summed E-state index contributed by atoms with van der Waals surface area (Å²) >= 11 is 0. The van der Waals surface area contributed by atoms with Gasteiger partial charge in [-0.1, -0.05) is 32.9 Å². The lowest BCUT2D eigenvalue weighted by atomic mass is 9.92. The average molecular weight is 378 g/mol. The zero-order chi connectivity index (χ0) is 19.9. The van der Waals surface area contributed by atoms with Crippen LogP contribution in [0.25, 0.3) is 10.9 Å². The molecule has 0 saturated carbocycles. The van der Waals surface area contributed by atoms with Crippen LogP contribution in [0.5, 0.6) is 0 Å². The van der Waals surface area contributed by atoms with Crippen LogP contribution in [0.1, 0.15) is 26.5 Å². The fraction of sp³-hybridized carbons (Fsp3) is 0.429. The highest BCUT2D eigenvalue weighted by Gasteiger charge is 2.23. The molecule has 2 aromatic heterocycles. The molecule has 28 heavy (non-hydrogen) atoms. The smallest absolute Gasteiger partial charge is 0.262 e. The van der Waals surface area contributed by atoms with Crippen molar-refractivity contribution in [2.45, 2.75) is 26.2 Å². The Morgan fingerprint density at radius 2 is 1.57 bits per heavy atom. The Labute approximate surface area is 164 Å². The Morgan fingerprint density at radius 3 is 2.21 bits per heavy atom. The maximum absolute atomic E-state index is 12.7. The van der Waals surface area contributed by atoms with Crippen LogP contribution >= 0.6 is 0 Å². The number of hydrogen-bond acceptors (Lipinski definition) is 6. The molecular formula is C21H26N6O. The van der Waals surface area contributed by atoms with Gasteiger partial charge in [-0.05, 0) is 24.3 Å². The van der Waals surface area contributed by atoms with E-state index < -0.39 is 0 Å². The molecule has 3 heterocycles. The molecule has 3 aromatic rings. The molecule has 0 bridgehead atoms. The summed E-state index contributed by atoms with van der Waals surface area (Å²) in [5.41, 5.74) is 1.72. The Balaban J connectivity index is 1.52. The number of benzene rings is 1. The lowest BCUT2D eigenvalue weighted by Gasteiger charge is -2.36. The molecular weight excluding hydrogens is 352 g/mol. The molecule has 7 nitrogen and oxygen atoms in total. The molecule has 7 heteroatoms. The zero-order valence-corrected chi connectivity index (χ0v) is 16.9. The third-order valence-electron chi connectivity index (χ3n) is 5.26. The molecule has 0 unspecified atom stereocenters. The molecule has 0 aliphatic carbocycles. The van der Waals surface area contributed by atoms with E-state index in [1.165, 1.54) is 0 Å². The van der Waals surface area contributed by atoms with Crippen molar-refractivity contribution in [3.8, 4) is 0 Å². The Morgan fingerprint density at radius 1 is 0.893 bits per heavy atom. The molecule has 1 aromatic carbocycles. The van der Waals surface area contributed by atoms with Crippen molar-refractivity contribution in [1.82, 2.24) is 19.7 Å². The van der Waals surface area contributed by atoms with Crippen molar-refractivity contribution in [3.05, 3.63) is 52.4 Å². The van der Waals surface area contributed by atoms with E-state index in [0.29, 0.717) is 5.39 Å². The van der Waals surface area contributed by atoms with E-state index in [-0.39, 0.29) is 11.0 Å². The molecule has 0 amide bonds. The molecule has 0 atom stereocenters. The normalized spacial score (nSPS) is 15.3. The first-order valence-electron chi connectivity index (χ1n) is 9.64. The molecule has 0 N–H and O–H groups in total. The number of rotatable bonds is 2. The number of nitrogens with zero attached hydrogens (tertiary/aromatic N) is 6. The van der Waals surface area contributed by atoms with Crippen molar-refractivity contribution in [2.24, 2.45) is 7.05 Å². The minimum atomic E-state index is -0.00772. The predicted molar refractivity (Wildman–Crippen MR) is 112 cm³/mol. The number of aromatic nitrogens is 4. The molecule has 1 fully saturated rings. The van der Waals surface area contributed by atoms with Crippen LogP contribution in [0.4, 0.5) is 11.8 Å². The lowest BCUT2D eigenvalue weighted by Crippen LogP contribution is -2.48. The van der Waals surface area contributed by atoms with Gasteiger partial charge in [0.2, 0.25) is 5.95 Å². The maximum Gasteiger partial charge on any atom is 0.262 e. The van der Waals surface area contributed by atoms with Crippen LogP contribution in [0, 0.1) is 0 Å². The van der Waals surface area contributed by atoms with Crippen molar-refractivity contribution < 1.29 is 0 Å². The van der Waals surface area contributed by atoms with Crippen molar-refractivity contribution >= 4 is 22.7 Å². The quantitative estimate of drug-likeness (QED) is 0.682. The predicted octanol–water partition coefficient (Wildman–Crippen LogP) is 2.35. The Kier molecular flexibility index (Phi) is 4.53. The summed E-state index contributed by atoms with van der Waals surface area (Å²) in [5, 5.41) is 9.48. The summed E-state index contributed by atoms with van der Waals surface area (Å²) in [6.07, 6.45) is 0. The molecule has 1 saturated heterocycles. The second-order valence-electron chi connectivity index (χ2n) is 8.29. The van der Waals surface area contributed by atoms with Crippen LogP contribution in [-0.4, -0.2) is 45.9 Å². The standard InChI is InChI=1S/C21H26N6O/c1-21(2,3)17-9-10-18(24-23-17)26-11-13-27(14-12-26)20-22-16-8-6-5-7-15(16)19(28)25(20)4/h5-10H,11-14H2,1-4H3. The summed E-state index contributed by atoms with van der Waals surface area (Å²) in [6.45, 7) is 9.59. The first-order chi connectivity index (χ1) is 13.3. The summed E-state index contributed by atoms with van der Waals surface area (Å²) in [5.74, 6) is 1.62. The molecule has 1 aliphatic rings. The highest BCUT2D eigenvalue weighted by molar-refractivity contribution is 5.78. The molecule has 0 spiro atoms. The Bertz CT molecular complexity index is 1040. The number of anilines is 2. The fourth-order valence-electron chi connectivity index (χ4n) is 3.52. The van der Waals surface area contributed by atoms with Gasteiger partial charge in [-0.15, -0.1) is 5.10 Å². The highest BCUT2D eigenvalue weighted by Crippen LogP contribution is 2.22. The lowest BCUT2D eigenvalue weighted by molar-refractivity contribution is 0.555. The summed E-state index contributed by atoms with van der Waals surface area (Å²) in [4.78, 5) is 21.8. The van der Waals surface area contributed by atoms with Gasteiger partial charge in [-0.3, -0.25) is 9.36 Å². The van der Waals surface area contributed by atoms with Gasteiger partial charge in [-0.25, -0.2) is 4.98 Å². The number of para-hydroxylation sites is 1. The van der Waals surface area contributed by atoms with E-state index in [1.54, 1.807) is 11.6 Å². The second-order valence-corrected chi connectivity index (χ2v) is 8.29. The first-order valence-corrected chi connectivity index (χ1v) is 9.64. The molecule has 146 valence electrons. The Hall–Kier alpha value is -2.96. The third-order valence-corrected chi connectivity index (χ3v) is 5.26. The highest BCUT2D eigenvalue weighted by atomic mass is 16.1. The first kappa shape index (κ1) is 18.4. The average Bonchev–Trinajstić information content (AvgIpc) is 2.70.